The van der Waals surface area contributed by atoms with Crippen LogP contribution in [0.1, 0.15) is 25.2 Å². The van der Waals surface area contributed by atoms with Crippen molar-refractivity contribution in [2.45, 2.75) is 27.3 Å². The van der Waals surface area contributed by atoms with Crippen molar-refractivity contribution in [3.05, 3.63) is 35.7 Å². The molecule has 1 N–H and O–H groups in total. The monoisotopic (exact) mass is 259 g/mol. The van der Waals surface area contributed by atoms with Gasteiger partial charge >= 0.3 is 0 Å². The molecule has 0 aliphatic rings. The predicted octanol–water partition coefficient (Wildman–Crippen LogP) is 2.32. The van der Waals surface area contributed by atoms with Crippen LogP contribution in [0.5, 0.6) is 0 Å². The molecule has 0 aliphatic heterocycles. The quantitative estimate of drug-likeness (QED) is 0.914. The van der Waals surface area contributed by atoms with E-state index in [1.165, 1.54) is 5.56 Å². The van der Waals surface area contributed by atoms with E-state index in [2.05, 4.69) is 15.5 Å². The molecule has 0 bridgehead atoms. The van der Waals surface area contributed by atoms with Crippen LogP contribution >= 0.6 is 0 Å². The number of carbonyl (C=O) groups excluding carboxylic acids is 1. The first kappa shape index (κ1) is 13.3. The van der Waals surface area contributed by atoms with E-state index in [0.29, 0.717) is 11.7 Å². The number of amides is 1. The van der Waals surface area contributed by atoms with Gasteiger partial charge in [-0.2, -0.15) is 4.98 Å². The maximum absolute atomic E-state index is 11.4. The highest BCUT2D eigenvalue weighted by Gasteiger charge is 2.11. The highest BCUT2D eigenvalue weighted by molar-refractivity contribution is 5.77. The second-order valence-electron chi connectivity index (χ2n) is 4.75. The number of aryl methyl sites for hydroxylation is 1. The number of nitrogens with zero attached hydrogens (tertiary/aromatic N) is 2. The molecule has 1 amide bonds. The number of nitrogens with one attached hydrogen (secondary N) is 1. The second-order valence-corrected chi connectivity index (χ2v) is 4.75. The van der Waals surface area contributed by atoms with E-state index >= 15 is 0 Å². The van der Waals surface area contributed by atoms with Crippen molar-refractivity contribution in [3.63, 3.8) is 0 Å². The van der Waals surface area contributed by atoms with Crippen molar-refractivity contribution in [2.75, 3.05) is 0 Å². The van der Waals surface area contributed by atoms with E-state index in [-0.39, 0.29) is 18.4 Å². The fraction of sp³-hybridized carbons (Fsp3) is 0.357. The molecule has 100 valence electrons. The number of carbonyl (C=O) groups is 1. The number of hydrogen-bond donors (Lipinski definition) is 1. The van der Waals surface area contributed by atoms with Gasteiger partial charge in [0.1, 0.15) is 0 Å². The summed E-state index contributed by atoms with van der Waals surface area (Å²) in [7, 11) is 0. The Labute approximate surface area is 112 Å². The first-order valence-electron chi connectivity index (χ1n) is 6.23. The first-order valence-corrected chi connectivity index (χ1v) is 6.23. The average Bonchev–Trinajstić information content (AvgIpc) is 2.85. The summed E-state index contributed by atoms with van der Waals surface area (Å²) in [6.07, 6.45) is 0. The summed E-state index contributed by atoms with van der Waals surface area (Å²) in [5, 5.41) is 6.59. The van der Waals surface area contributed by atoms with Gasteiger partial charge in [-0.1, -0.05) is 36.7 Å². The zero-order chi connectivity index (χ0) is 13.8. The van der Waals surface area contributed by atoms with Gasteiger partial charge in [0.25, 0.3) is 5.89 Å². The molecule has 0 radical (unpaired) electrons. The van der Waals surface area contributed by atoms with Gasteiger partial charge in [0, 0.05) is 11.5 Å². The minimum Gasteiger partial charge on any atom is -0.348 e. The van der Waals surface area contributed by atoms with E-state index < -0.39 is 0 Å². The lowest BCUT2D eigenvalue weighted by Crippen LogP contribution is -2.27. The molecular formula is C14H17N3O2. The SMILES string of the molecule is Cc1ccc(-c2nc(CNC(=O)C(C)C)no2)cc1. The Morgan fingerprint density at radius 1 is 1.32 bits per heavy atom. The van der Waals surface area contributed by atoms with Crippen LogP contribution in [-0.2, 0) is 11.3 Å². The molecule has 0 saturated carbocycles. The van der Waals surface area contributed by atoms with Crippen LogP contribution in [0.15, 0.2) is 28.8 Å². The van der Waals surface area contributed by atoms with Crippen molar-refractivity contribution < 1.29 is 9.32 Å². The molecule has 5 nitrogen and oxygen atoms in total. The lowest BCUT2D eigenvalue weighted by molar-refractivity contribution is -0.124. The maximum atomic E-state index is 11.4. The zero-order valence-electron chi connectivity index (χ0n) is 11.3. The Balaban J connectivity index is 2.03. The predicted molar refractivity (Wildman–Crippen MR) is 71.2 cm³/mol. The van der Waals surface area contributed by atoms with Gasteiger partial charge in [0.15, 0.2) is 5.82 Å². The molecule has 1 aromatic heterocycles. The molecule has 19 heavy (non-hydrogen) atoms. The molecule has 5 heteroatoms. The van der Waals surface area contributed by atoms with Crippen LogP contribution in [0.25, 0.3) is 11.5 Å². The highest BCUT2D eigenvalue weighted by Crippen LogP contribution is 2.17. The van der Waals surface area contributed by atoms with E-state index in [4.69, 9.17) is 4.52 Å². The van der Waals surface area contributed by atoms with Crippen LogP contribution in [0.4, 0.5) is 0 Å². The van der Waals surface area contributed by atoms with Crippen LogP contribution < -0.4 is 5.32 Å². The summed E-state index contributed by atoms with van der Waals surface area (Å²) in [6.45, 7) is 5.98. The minimum absolute atomic E-state index is 0.0262. The van der Waals surface area contributed by atoms with Crippen molar-refractivity contribution in [1.29, 1.82) is 0 Å². The molecule has 0 aliphatic carbocycles. The Morgan fingerprint density at radius 2 is 2.00 bits per heavy atom. The molecule has 2 rings (SSSR count). The summed E-state index contributed by atoms with van der Waals surface area (Å²) in [5.74, 6) is 0.864. The molecule has 2 aromatic rings. The third-order valence-electron chi connectivity index (χ3n) is 2.71. The number of benzene rings is 1. The summed E-state index contributed by atoms with van der Waals surface area (Å²) in [5.41, 5.74) is 2.05. The Hall–Kier alpha value is -2.17. The molecule has 1 aromatic carbocycles. The fourth-order valence-electron chi connectivity index (χ4n) is 1.51. The standard InChI is InChI=1S/C14H17N3O2/c1-9(2)13(18)15-8-12-16-14(19-17-12)11-6-4-10(3)5-7-11/h4-7,9H,8H2,1-3H3,(H,15,18). The molecule has 0 saturated heterocycles. The van der Waals surface area contributed by atoms with E-state index in [9.17, 15) is 4.79 Å². The van der Waals surface area contributed by atoms with Crippen LogP contribution in [0, 0.1) is 12.8 Å². The lowest BCUT2D eigenvalue weighted by Gasteiger charge is -2.03. The summed E-state index contributed by atoms with van der Waals surface area (Å²) in [6, 6.07) is 7.83. The van der Waals surface area contributed by atoms with E-state index in [1.54, 1.807) is 0 Å². The third kappa shape index (κ3) is 3.40. The second kappa shape index (κ2) is 5.65. The van der Waals surface area contributed by atoms with Gasteiger partial charge < -0.3 is 9.84 Å². The Kier molecular flexibility index (Phi) is 3.94. The summed E-state index contributed by atoms with van der Waals surface area (Å²) in [4.78, 5) is 15.7. The van der Waals surface area contributed by atoms with Gasteiger partial charge in [0.2, 0.25) is 5.91 Å². The average molecular weight is 259 g/mol. The van der Waals surface area contributed by atoms with Gasteiger partial charge in [-0.15, -0.1) is 0 Å². The Morgan fingerprint density at radius 3 is 2.63 bits per heavy atom. The smallest absolute Gasteiger partial charge is 0.257 e. The number of aromatic nitrogens is 2. The molecule has 1 heterocycles. The fourth-order valence-corrected chi connectivity index (χ4v) is 1.51. The largest absolute Gasteiger partial charge is 0.348 e. The van der Waals surface area contributed by atoms with Crippen LogP contribution in [0.2, 0.25) is 0 Å². The third-order valence-corrected chi connectivity index (χ3v) is 2.71. The van der Waals surface area contributed by atoms with Gasteiger partial charge in [-0.25, -0.2) is 0 Å². The molecule has 0 fully saturated rings. The topological polar surface area (TPSA) is 68.0 Å². The minimum atomic E-state index is -0.0523. The number of hydrogen-bond acceptors (Lipinski definition) is 4. The molecular weight excluding hydrogens is 242 g/mol. The molecule has 0 unspecified atom stereocenters. The van der Waals surface area contributed by atoms with Crippen molar-refractivity contribution >= 4 is 5.91 Å². The maximum Gasteiger partial charge on any atom is 0.257 e. The first-order chi connectivity index (χ1) is 9.06. The lowest BCUT2D eigenvalue weighted by atomic mass is 10.1. The van der Waals surface area contributed by atoms with Crippen molar-refractivity contribution in [3.8, 4) is 11.5 Å². The summed E-state index contributed by atoms with van der Waals surface area (Å²) >= 11 is 0. The number of rotatable bonds is 4. The van der Waals surface area contributed by atoms with Gasteiger partial charge in [-0.3, -0.25) is 4.79 Å². The van der Waals surface area contributed by atoms with Gasteiger partial charge in [0.05, 0.1) is 6.54 Å². The Bertz CT molecular complexity index is 558. The van der Waals surface area contributed by atoms with Gasteiger partial charge in [-0.05, 0) is 19.1 Å². The van der Waals surface area contributed by atoms with Crippen molar-refractivity contribution in [1.82, 2.24) is 15.5 Å². The van der Waals surface area contributed by atoms with Crippen LogP contribution in [-0.4, -0.2) is 16.0 Å². The zero-order valence-corrected chi connectivity index (χ0v) is 11.3. The molecule has 0 atom stereocenters. The molecule has 0 spiro atoms. The van der Waals surface area contributed by atoms with E-state index in [0.717, 1.165) is 5.56 Å². The van der Waals surface area contributed by atoms with E-state index in [1.807, 2.05) is 45.0 Å². The van der Waals surface area contributed by atoms with Crippen LogP contribution in [0.3, 0.4) is 0 Å². The summed E-state index contributed by atoms with van der Waals surface area (Å²) < 4.78 is 5.17. The highest BCUT2D eigenvalue weighted by atomic mass is 16.5. The normalized spacial score (nSPS) is 10.7. The van der Waals surface area contributed by atoms with Crippen molar-refractivity contribution in [2.24, 2.45) is 5.92 Å².